The van der Waals surface area contributed by atoms with E-state index in [2.05, 4.69) is 10.0 Å². The van der Waals surface area contributed by atoms with Gasteiger partial charge < -0.3 is 10.2 Å². The van der Waals surface area contributed by atoms with Crippen LogP contribution in [0.25, 0.3) is 0 Å². The van der Waals surface area contributed by atoms with Crippen LogP contribution in [0.1, 0.15) is 6.92 Å². The third-order valence-corrected chi connectivity index (χ3v) is 6.07. The lowest BCUT2D eigenvalue weighted by atomic mass is 10.2. The molecule has 0 bridgehead atoms. The second-order valence-corrected chi connectivity index (χ2v) is 8.29. The highest BCUT2D eigenvalue weighted by atomic mass is 35.5. The van der Waals surface area contributed by atoms with Crippen LogP contribution < -0.4 is 10.0 Å². The Kier molecular flexibility index (Phi) is 5.03. The molecule has 1 aliphatic rings. The molecular weight excluding hydrogens is 322 g/mol. The molecule has 20 heavy (non-hydrogen) atoms. The van der Waals surface area contributed by atoms with E-state index in [-0.39, 0.29) is 22.7 Å². The number of carbonyl (C=O) groups excluding carboxylic acids is 1. The van der Waals surface area contributed by atoms with Crippen LogP contribution in [0.4, 0.5) is 0 Å². The van der Waals surface area contributed by atoms with Gasteiger partial charge in [-0.3, -0.25) is 4.79 Å². The maximum Gasteiger partial charge on any atom is 0.250 e. The molecule has 1 aliphatic heterocycles. The van der Waals surface area contributed by atoms with Gasteiger partial charge in [-0.05, 0) is 19.1 Å². The molecule has 112 valence electrons. The second-order valence-electron chi connectivity index (χ2n) is 4.58. The molecule has 1 atom stereocenters. The molecule has 1 aromatic rings. The summed E-state index contributed by atoms with van der Waals surface area (Å²) in [5.74, 6) is -0.218. The van der Waals surface area contributed by atoms with Gasteiger partial charge in [0.15, 0.2) is 0 Å². The molecule has 1 unspecified atom stereocenters. The molecular formula is C11H16ClN3O3S2. The van der Waals surface area contributed by atoms with Gasteiger partial charge >= 0.3 is 0 Å². The molecule has 0 saturated carbocycles. The molecule has 1 fully saturated rings. The standard InChI is InChI=1S/C11H16ClN3O3S2/c1-8-7-15(5-4-13-8)10(16)6-14-20(17,18)11-3-2-9(12)19-11/h2-3,8,13-14H,4-7H2,1H3. The fourth-order valence-corrected chi connectivity index (χ4v) is 4.44. The number of nitrogens with zero attached hydrogens (tertiary/aromatic N) is 1. The number of thiophene rings is 1. The molecule has 2 heterocycles. The van der Waals surface area contributed by atoms with Crippen LogP contribution in [-0.4, -0.2) is 51.4 Å². The second kappa shape index (κ2) is 6.40. The first-order valence-corrected chi connectivity index (χ1v) is 8.82. The quantitative estimate of drug-likeness (QED) is 0.838. The lowest BCUT2D eigenvalue weighted by Crippen LogP contribution is -2.53. The Bertz CT molecular complexity index is 587. The zero-order valence-electron chi connectivity index (χ0n) is 10.9. The van der Waals surface area contributed by atoms with Crippen molar-refractivity contribution in [3.05, 3.63) is 16.5 Å². The molecule has 6 nitrogen and oxygen atoms in total. The molecule has 0 aromatic carbocycles. The Morgan fingerprint density at radius 1 is 1.60 bits per heavy atom. The van der Waals surface area contributed by atoms with E-state index in [9.17, 15) is 13.2 Å². The summed E-state index contributed by atoms with van der Waals surface area (Å²) in [7, 11) is -3.67. The van der Waals surface area contributed by atoms with Gasteiger partial charge in [0.25, 0.3) is 10.0 Å². The number of piperazine rings is 1. The summed E-state index contributed by atoms with van der Waals surface area (Å²) < 4.78 is 26.7. The van der Waals surface area contributed by atoms with E-state index in [4.69, 9.17) is 11.6 Å². The summed E-state index contributed by atoms with van der Waals surface area (Å²) in [5.41, 5.74) is 0. The van der Waals surface area contributed by atoms with Gasteiger partial charge in [-0.25, -0.2) is 13.1 Å². The van der Waals surface area contributed by atoms with Crippen molar-refractivity contribution in [1.29, 1.82) is 0 Å². The van der Waals surface area contributed by atoms with Gasteiger partial charge in [0, 0.05) is 25.7 Å². The monoisotopic (exact) mass is 337 g/mol. The summed E-state index contributed by atoms with van der Waals surface area (Å²) in [6, 6.07) is 3.16. The molecule has 0 spiro atoms. The topological polar surface area (TPSA) is 78.5 Å². The highest BCUT2D eigenvalue weighted by Gasteiger charge is 2.23. The van der Waals surface area contributed by atoms with Gasteiger partial charge in [0.05, 0.1) is 10.9 Å². The number of rotatable bonds is 4. The van der Waals surface area contributed by atoms with Gasteiger partial charge in [-0.15, -0.1) is 11.3 Å². The third kappa shape index (κ3) is 3.92. The molecule has 2 N–H and O–H groups in total. The van der Waals surface area contributed by atoms with Crippen molar-refractivity contribution >= 4 is 38.9 Å². The lowest BCUT2D eigenvalue weighted by Gasteiger charge is -2.31. The predicted molar refractivity (Wildman–Crippen MR) is 78.6 cm³/mol. The average molecular weight is 338 g/mol. The summed E-state index contributed by atoms with van der Waals surface area (Å²) in [6.07, 6.45) is 0. The van der Waals surface area contributed by atoms with Crippen molar-refractivity contribution < 1.29 is 13.2 Å². The third-order valence-electron chi connectivity index (χ3n) is 2.95. The number of amides is 1. The van der Waals surface area contributed by atoms with Crippen molar-refractivity contribution in [2.45, 2.75) is 17.2 Å². The van der Waals surface area contributed by atoms with Crippen molar-refractivity contribution in [2.75, 3.05) is 26.2 Å². The minimum absolute atomic E-state index is 0.115. The van der Waals surface area contributed by atoms with Crippen LogP contribution >= 0.6 is 22.9 Å². The lowest BCUT2D eigenvalue weighted by molar-refractivity contribution is -0.131. The summed E-state index contributed by atoms with van der Waals surface area (Å²) in [6.45, 7) is 3.66. The first kappa shape index (κ1) is 15.7. The number of sulfonamides is 1. The van der Waals surface area contributed by atoms with Crippen molar-refractivity contribution in [2.24, 2.45) is 0 Å². The van der Waals surface area contributed by atoms with Crippen molar-refractivity contribution in [3.8, 4) is 0 Å². The molecule has 0 radical (unpaired) electrons. The van der Waals surface area contributed by atoms with Crippen molar-refractivity contribution in [1.82, 2.24) is 14.9 Å². The Hall–Kier alpha value is -0.670. The van der Waals surface area contributed by atoms with E-state index in [1.807, 2.05) is 6.92 Å². The van der Waals surface area contributed by atoms with Gasteiger partial charge in [0.2, 0.25) is 5.91 Å². The van der Waals surface area contributed by atoms with E-state index in [1.54, 1.807) is 4.90 Å². The van der Waals surface area contributed by atoms with Crippen LogP contribution in [0.2, 0.25) is 4.34 Å². The van der Waals surface area contributed by atoms with Crippen LogP contribution in [0.5, 0.6) is 0 Å². The minimum Gasteiger partial charge on any atom is -0.339 e. The van der Waals surface area contributed by atoms with Gasteiger partial charge in [-0.1, -0.05) is 11.6 Å². The Labute approximate surface area is 127 Å². The number of hydrogen-bond acceptors (Lipinski definition) is 5. The SMILES string of the molecule is CC1CN(C(=O)CNS(=O)(=O)c2ccc(Cl)s2)CCN1. The van der Waals surface area contributed by atoms with E-state index in [1.165, 1.54) is 12.1 Å². The van der Waals surface area contributed by atoms with E-state index in [0.717, 1.165) is 17.9 Å². The van der Waals surface area contributed by atoms with Crippen LogP contribution in [0.15, 0.2) is 16.3 Å². The summed E-state index contributed by atoms with van der Waals surface area (Å²) >= 11 is 6.67. The molecule has 1 amide bonds. The average Bonchev–Trinajstić information content (AvgIpc) is 2.83. The minimum atomic E-state index is -3.67. The van der Waals surface area contributed by atoms with Crippen molar-refractivity contribution in [3.63, 3.8) is 0 Å². The predicted octanol–water partition coefficient (Wildman–Crippen LogP) is 0.500. The van der Waals surface area contributed by atoms with Crippen LogP contribution in [0.3, 0.4) is 0 Å². The zero-order chi connectivity index (χ0) is 14.8. The van der Waals surface area contributed by atoms with Gasteiger partial charge in [-0.2, -0.15) is 0 Å². The fourth-order valence-electron chi connectivity index (χ4n) is 1.94. The Balaban J connectivity index is 1.92. The number of carbonyl (C=O) groups is 1. The maximum atomic E-state index is 12.0. The number of hydrogen-bond donors (Lipinski definition) is 2. The summed E-state index contributed by atoms with van der Waals surface area (Å²) in [5, 5.41) is 3.22. The Morgan fingerprint density at radius 3 is 2.95 bits per heavy atom. The zero-order valence-corrected chi connectivity index (χ0v) is 13.3. The fraction of sp³-hybridized carbons (Fsp3) is 0.545. The maximum absolute atomic E-state index is 12.0. The first-order valence-electron chi connectivity index (χ1n) is 6.14. The number of nitrogens with one attached hydrogen (secondary N) is 2. The Morgan fingerprint density at radius 2 is 2.35 bits per heavy atom. The molecule has 0 aliphatic carbocycles. The van der Waals surface area contributed by atoms with Crippen LogP contribution in [-0.2, 0) is 14.8 Å². The normalized spacial score (nSPS) is 20.1. The van der Waals surface area contributed by atoms with Crippen LogP contribution in [0, 0.1) is 0 Å². The molecule has 9 heteroatoms. The highest BCUT2D eigenvalue weighted by molar-refractivity contribution is 7.91. The summed E-state index contributed by atoms with van der Waals surface area (Å²) in [4.78, 5) is 13.6. The molecule has 2 rings (SSSR count). The molecule has 1 aromatic heterocycles. The molecule has 1 saturated heterocycles. The van der Waals surface area contributed by atoms with E-state index < -0.39 is 10.0 Å². The van der Waals surface area contributed by atoms with E-state index in [0.29, 0.717) is 17.4 Å². The smallest absolute Gasteiger partial charge is 0.250 e. The number of halogens is 1. The highest BCUT2D eigenvalue weighted by Crippen LogP contribution is 2.25. The van der Waals surface area contributed by atoms with Gasteiger partial charge in [0.1, 0.15) is 4.21 Å². The largest absolute Gasteiger partial charge is 0.339 e. The first-order chi connectivity index (χ1) is 9.38. The van der Waals surface area contributed by atoms with E-state index >= 15 is 0 Å².